The Morgan fingerprint density at radius 2 is 2.10 bits per heavy atom. The summed E-state index contributed by atoms with van der Waals surface area (Å²) in [5.74, 6) is -3.96. The molecule has 0 saturated carbocycles. The highest BCUT2D eigenvalue weighted by Crippen LogP contribution is 2.24. The predicted octanol–water partition coefficient (Wildman–Crippen LogP) is 1.97. The summed E-state index contributed by atoms with van der Waals surface area (Å²) in [6, 6.07) is 0.851. The van der Waals surface area contributed by atoms with Gasteiger partial charge in [-0.05, 0) is 6.42 Å². The molecule has 0 fully saturated rings. The van der Waals surface area contributed by atoms with Gasteiger partial charge in [0.2, 0.25) is 5.43 Å². The highest BCUT2D eigenvalue weighted by atomic mass is 19.2. The number of nitrogen functional groups attached to an aromatic ring is 1. The molecule has 20 heavy (non-hydrogen) atoms. The second-order valence-corrected chi connectivity index (χ2v) is 4.35. The number of carbonyl (C=O) groups is 1. The van der Waals surface area contributed by atoms with E-state index in [-0.39, 0.29) is 10.9 Å². The Morgan fingerprint density at radius 1 is 1.45 bits per heavy atom. The van der Waals surface area contributed by atoms with Gasteiger partial charge in [-0.1, -0.05) is 6.92 Å². The van der Waals surface area contributed by atoms with Gasteiger partial charge in [-0.15, -0.1) is 0 Å². The molecule has 7 heteroatoms. The van der Waals surface area contributed by atoms with Gasteiger partial charge in [-0.3, -0.25) is 4.79 Å². The summed E-state index contributed by atoms with van der Waals surface area (Å²) in [6.45, 7) is 2.18. The summed E-state index contributed by atoms with van der Waals surface area (Å²) in [6.07, 6.45) is 1.74. The van der Waals surface area contributed by atoms with Gasteiger partial charge < -0.3 is 15.4 Å². The molecule has 106 valence electrons. The van der Waals surface area contributed by atoms with Gasteiger partial charge in [-0.2, -0.15) is 0 Å². The standard InChI is InChI=1S/C13H12F2N2O3/c1-2-3-17-5-6(13(19)20)12(18)9-8(17)4-7(14)10(15)11(9)16/h4-5H,2-3,16H2,1H3,(H,19,20). The number of pyridine rings is 1. The van der Waals surface area contributed by atoms with Crippen LogP contribution >= 0.6 is 0 Å². The van der Waals surface area contributed by atoms with Crippen molar-refractivity contribution >= 4 is 22.6 Å². The first-order chi connectivity index (χ1) is 9.38. The monoisotopic (exact) mass is 282 g/mol. The highest BCUT2D eigenvalue weighted by Gasteiger charge is 2.20. The topological polar surface area (TPSA) is 85.3 Å². The van der Waals surface area contributed by atoms with Crippen molar-refractivity contribution in [3.63, 3.8) is 0 Å². The van der Waals surface area contributed by atoms with Crippen molar-refractivity contribution in [3.05, 3.63) is 39.7 Å². The number of hydrogen-bond acceptors (Lipinski definition) is 3. The minimum absolute atomic E-state index is 0.0817. The molecule has 0 bridgehead atoms. The molecule has 3 N–H and O–H groups in total. The molecule has 1 aromatic carbocycles. The third-order valence-electron chi connectivity index (χ3n) is 3.00. The fourth-order valence-electron chi connectivity index (χ4n) is 2.09. The normalized spacial score (nSPS) is 10.9. The van der Waals surface area contributed by atoms with Crippen LogP contribution in [0.4, 0.5) is 14.5 Å². The van der Waals surface area contributed by atoms with Crippen molar-refractivity contribution in [1.29, 1.82) is 0 Å². The second-order valence-electron chi connectivity index (χ2n) is 4.35. The second kappa shape index (κ2) is 4.92. The Hall–Kier alpha value is -2.44. The zero-order valence-electron chi connectivity index (χ0n) is 10.6. The molecule has 0 amide bonds. The lowest BCUT2D eigenvalue weighted by molar-refractivity contribution is 0.0695. The number of hydrogen-bond donors (Lipinski definition) is 2. The average molecular weight is 282 g/mol. The van der Waals surface area contributed by atoms with Crippen molar-refractivity contribution < 1.29 is 18.7 Å². The molecule has 5 nitrogen and oxygen atoms in total. The summed E-state index contributed by atoms with van der Waals surface area (Å²) in [5, 5.41) is 8.70. The molecular formula is C13H12F2N2O3. The van der Waals surface area contributed by atoms with Gasteiger partial charge in [0.15, 0.2) is 11.6 Å². The molecule has 0 saturated heterocycles. The predicted molar refractivity (Wildman–Crippen MR) is 69.8 cm³/mol. The molecule has 0 spiro atoms. The van der Waals surface area contributed by atoms with Crippen molar-refractivity contribution in [1.82, 2.24) is 4.57 Å². The molecular weight excluding hydrogens is 270 g/mol. The number of nitrogens with two attached hydrogens (primary N) is 1. The third kappa shape index (κ3) is 2.01. The summed E-state index contributed by atoms with van der Waals surface area (Å²) in [5.41, 5.74) is 3.40. The van der Waals surface area contributed by atoms with Gasteiger partial charge in [0.25, 0.3) is 0 Å². The number of aromatic nitrogens is 1. The van der Waals surface area contributed by atoms with E-state index in [0.29, 0.717) is 13.0 Å². The number of benzene rings is 1. The number of rotatable bonds is 3. The first-order valence-corrected chi connectivity index (χ1v) is 5.92. The number of carboxylic acid groups (broad SMARTS) is 1. The van der Waals surface area contributed by atoms with Crippen LogP contribution in [0.25, 0.3) is 10.9 Å². The van der Waals surface area contributed by atoms with Crippen molar-refractivity contribution in [2.24, 2.45) is 0 Å². The minimum Gasteiger partial charge on any atom is -0.477 e. The third-order valence-corrected chi connectivity index (χ3v) is 3.00. The fraction of sp³-hybridized carbons (Fsp3) is 0.231. The van der Waals surface area contributed by atoms with Crippen LogP contribution in [0.15, 0.2) is 17.1 Å². The lowest BCUT2D eigenvalue weighted by Crippen LogP contribution is -2.20. The summed E-state index contributed by atoms with van der Waals surface area (Å²) in [4.78, 5) is 23.1. The number of aromatic carboxylic acids is 1. The van der Waals surface area contributed by atoms with E-state index in [1.807, 2.05) is 6.92 Å². The van der Waals surface area contributed by atoms with E-state index in [0.717, 1.165) is 12.3 Å². The first-order valence-electron chi connectivity index (χ1n) is 5.92. The first kappa shape index (κ1) is 14.0. The summed E-state index contributed by atoms with van der Waals surface area (Å²) in [7, 11) is 0. The maximum Gasteiger partial charge on any atom is 0.341 e. The molecule has 1 heterocycles. The molecule has 0 radical (unpaired) electrons. The maximum atomic E-state index is 13.5. The molecule has 0 aliphatic rings. The summed E-state index contributed by atoms with van der Waals surface area (Å²) < 4.78 is 28.3. The zero-order valence-corrected chi connectivity index (χ0v) is 10.6. The van der Waals surface area contributed by atoms with Crippen LogP contribution in [0.3, 0.4) is 0 Å². The van der Waals surface area contributed by atoms with Crippen molar-refractivity contribution in [2.45, 2.75) is 19.9 Å². The molecule has 1 aromatic heterocycles. The highest BCUT2D eigenvalue weighted by molar-refractivity contribution is 5.97. The zero-order chi connectivity index (χ0) is 15.0. The Bertz CT molecular complexity index is 769. The summed E-state index contributed by atoms with van der Waals surface area (Å²) >= 11 is 0. The molecule has 0 aliphatic heterocycles. The fourth-order valence-corrected chi connectivity index (χ4v) is 2.09. The van der Waals surface area contributed by atoms with Gasteiger partial charge in [0.1, 0.15) is 5.56 Å². The van der Waals surface area contributed by atoms with Crippen LogP contribution in [0.1, 0.15) is 23.7 Å². The Labute approximate surface area is 112 Å². The molecule has 2 rings (SSSR count). The number of carboxylic acids is 1. The van der Waals surface area contributed by atoms with Crippen LogP contribution in [0, 0.1) is 11.6 Å². The van der Waals surface area contributed by atoms with Crippen LogP contribution in [-0.4, -0.2) is 15.6 Å². The molecule has 0 unspecified atom stereocenters. The van der Waals surface area contributed by atoms with E-state index in [1.165, 1.54) is 4.57 Å². The minimum atomic E-state index is -1.44. The van der Waals surface area contributed by atoms with E-state index in [9.17, 15) is 18.4 Å². The van der Waals surface area contributed by atoms with E-state index in [1.54, 1.807) is 0 Å². The van der Waals surface area contributed by atoms with Crippen molar-refractivity contribution in [2.75, 3.05) is 5.73 Å². The quantitative estimate of drug-likeness (QED) is 0.843. The molecule has 0 aliphatic carbocycles. The van der Waals surface area contributed by atoms with Gasteiger partial charge in [-0.25, -0.2) is 13.6 Å². The SMILES string of the molecule is CCCn1cc(C(=O)O)c(=O)c2c(N)c(F)c(F)cc21. The van der Waals surface area contributed by atoms with Gasteiger partial charge in [0, 0.05) is 18.8 Å². The number of fused-ring (bicyclic) bond motifs is 1. The van der Waals surface area contributed by atoms with E-state index < -0.39 is 34.3 Å². The number of aryl methyl sites for hydroxylation is 1. The van der Waals surface area contributed by atoms with Gasteiger partial charge in [0.05, 0.1) is 16.6 Å². The largest absolute Gasteiger partial charge is 0.477 e. The lowest BCUT2D eigenvalue weighted by Gasteiger charge is -2.13. The Kier molecular flexibility index (Phi) is 3.44. The average Bonchev–Trinajstić information content (AvgIpc) is 2.38. The van der Waals surface area contributed by atoms with Crippen molar-refractivity contribution in [3.8, 4) is 0 Å². The Morgan fingerprint density at radius 3 is 2.65 bits per heavy atom. The molecule has 0 atom stereocenters. The van der Waals surface area contributed by atoms with E-state index in [4.69, 9.17) is 10.8 Å². The maximum absolute atomic E-state index is 13.5. The van der Waals surface area contributed by atoms with Crippen LogP contribution < -0.4 is 11.2 Å². The Balaban J connectivity index is 3.02. The van der Waals surface area contributed by atoms with E-state index in [2.05, 4.69) is 0 Å². The number of anilines is 1. The van der Waals surface area contributed by atoms with Gasteiger partial charge >= 0.3 is 5.97 Å². The van der Waals surface area contributed by atoms with Crippen LogP contribution in [0.5, 0.6) is 0 Å². The van der Waals surface area contributed by atoms with Crippen LogP contribution in [0.2, 0.25) is 0 Å². The molecule has 2 aromatic rings. The van der Waals surface area contributed by atoms with E-state index >= 15 is 0 Å². The number of nitrogens with zero attached hydrogens (tertiary/aromatic N) is 1. The van der Waals surface area contributed by atoms with Crippen LogP contribution in [-0.2, 0) is 6.54 Å². The lowest BCUT2D eigenvalue weighted by atomic mass is 10.1. The smallest absolute Gasteiger partial charge is 0.341 e. The number of halogens is 2.